The molecule has 3 rings (SSSR count). The highest BCUT2D eigenvalue weighted by molar-refractivity contribution is 5.79. The van der Waals surface area contributed by atoms with Crippen LogP contribution in [0, 0.1) is 5.41 Å². The monoisotopic (exact) mass is 240 g/mol. The van der Waals surface area contributed by atoms with E-state index < -0.39 is 5.41 Å². The molecule has 2 heterocycles. The van der Waals surface area contributed by atoms with Crippen LogP contribution in [0.15, 0.2) is 0 Å². The standard InChI is InChI=1S/C13H20O4/c1-3-13(9-17-13)12(10(14)15-2)6-4-5-11(7-12)8-16-11/h3-9H2,1-2H3/t11-,12-,13+/m0/s1. The second kappa shape index (κ2) is 3.45. The molecule has 1 saturated carbocycles. The van der Waals surface area contributed by atoms with Gasteiger partial charge in [-0.25, -0.2) is 0 Å². The van der Waals surface area contributed by atoms with Crippen LogP contribution in [0.25, 0.3) is 0 Å². The first-order valence-electron chi connectivity index (χ1n) is 6.48. The quantitative estimate of drug-likeness (QED) is 0.556. The van der Waals surface area contributed by atoms with E-state index in [0.29, 0.717) is 6.61 Å². The van der Waals surface area contributed by atoms with Crippen molar-refractivity contribution in [1.29, 1.82) is 0 Å². The minimum Gasteiger partial charge on any atom is -0.469 e. The van der Waals surface area contributed by atoms with Crippen LogP contribution in [0.1, 0.15) is 39.0 Å². The minimum atomic E-state index is -0.467. The number of esters is 1. The summed E-state index contributed by atoms with van der Waals surface area (Å²) in [6.45, 7) is 3.58. The fourth-order valence-corrected chi connectivity index (χ4v) is 3.64. The maximum atomic E-state index is 12.3. The molecule has 17 heavy (non-hydrogen) atoms. The van der Waals surface area contributed by atoms with E-state index in [1.807, 2.05) is 0 Å². The number of carbonyl (C=O) groups is 1. The van der Waals surface area contributed by atoms with Gasteiger partial charge < -0.3 is 14.2 Å². The number of ether oxygens (including phenoxy) is 3. The van der Waals surface area contributed by atoms with Crippen molar-refractivity contribution in [2.24, 2.45) is 5.41 Å². The topological polar surface area (TPSA) is 51.4 Å². The average molecular weight is 240 g/mol. The molecule has 1 aliphatic carbocycles. The number of hydrogen-bond donors (Lipinski definition) is 0. The van der Waals surface area contributed by atoms with Crippen LogP contribution in [0.2, 0.25) is 0 Å². The summed E-state index contributed by atoms with van der Waals surface area (Å²) >= 11 is 0. The molecule has 0 bridgehead atoms. The highest BCUT2D eigenvalue weighted by Crippen LogP contribution is 2.60. The van der Waals surface area contributed by atoms with Gasteiger partial charge >= 0.3 is 5.97 Å². The predicted octanol–water partition coefficient (Wildman–Crippen LogP) is 1.67. The lowest BCUT2D eigenvalue weighted by molar-refractivity contribution is -0.163. The van der Waals surface area contributed by atoms with E-state index in [1.54, 1.807) is 0 Å². The van der Waals surface area contributed by atoms with Gasteiger partial charge in [-0.2, -0.15) is 0 Å². The van der Waals surface area contributed by atoms with Gasteiger partial charge in [-0.15, -0.1) is 0 Å². The van der Waals surface area contributed by atoms with Crippen molar-refractivity contribution in [3.05, 3.63) is 0 Å². The summed E-state index contributed by atoms with van der Waals surface area (Å²) in [6, 6.07) is 0. The summed E-state index contributed by atoms with van der Waals surface area (Å²) in [4.78, 5) is 12.3. The lowest BCUT2D eigenvalue weighted by atomic mass is 9.61. The SMILES string of the molecule is CC[C@]1([C@@]2(C(=O)OC)CCC[C@@]3(CO3)C2)CO1. The van der Waals surface area contributed by atoms with Crippen LogP contribution >= 0.6 is 0 Å². The maximum Gasteiger partial charge on any atom is 0.314 e. The highest BCUT2D eigenvalue weighted by Gasteiger charge is 2.70. The smallest absolute Gasteiger partial charge is 0.314 e. The Hall–Kier alpha value is -0.610. The summed E-state index contributed by atoms with van der Waals surface area (Å²) in [5.74, 6) is -0.105. The van der Waals surface area contributed by atoms with Gasteiger partial charge in [0.15, 0.2) is 0 Å². The van der Waals surface area contributed by atoms with Crippen LogP contribution < -0.4 is 0 Å². The predicted molar refractivity (Wildman–Crippen MR) is 60.6 cm³/mol. The van der Waals surface area contributed by atoms with Gasteiger partial charge in [0.2, 0.25) is 0 Å². The van der Waals surface area contributed by atoms with E-state index in [9.17, 15) is 4.79 Å². The molecule has 0 N–H and O–H groups in total. The van der Waals surface area contributed by atoms with Crippen molar-refractivity contribution in [2.75, 3.05) is 20.3 Å². The van der Waals surface area contributed by atoms with Crippen LogP contribution in [0.4, 0.5) is 0 Å². The molecule has 1 spiro atoms. The molecule has 2 saturated heterocycles. The lowest BCUT2D eigenvalue weighted by Gasteiger charge is -2.41. The van der Waals surface area contributed by atoms with Crippen molar-refractivity contribution >= 4 is 5.97 Å². The molecule has 0 aromatic rings. The molecule has 0 aromatic carbocycles. The van der Waals surface area contributed by atoms with E-state index in [0.717, 1.165) is 38.7 Å². The van der Waals surface area contributed by atoms with Crippen molar-refractivity contribution < 1.29 is 19.0 Å². The third-order valence-electron chi connectivity index (χ3n) is 4.92. The van der Waals surface area contributed by atoms with Gasteiger partial charge in [0.05, 0.1) is 25.9 Å². The van der Waals surface area contributed by atoms with E-state index in [-0.39, 0.29) is 17.2 Å². The van der Waals surface area contributed by atoms with Gasteiger partial charge in [-0.1, -0.05) is 6.92 Å². The molecular weight excluding hydrogens is 220 g/mol. The summed E-state index contributed by atoms with van der Waals surface area (Å²) in [6.07, 6.45) is 4.63. The molecule has 0 radical (unpaired) electrons. The Labute approximate surface area is 102 Å². The first kappa shape index (κ1) is 11.5. The first-order chi connectivity index (χ1) is 8.12. The zero-order valence-electron chi connectivity index (χ0n) is 10.6. The lowest BCUT2D eigenvalue weighted by Crippen LogP contribution is -2.51. The average Bonchev–Trinajstić information content (AvgIpc) is 3.25. The molecule has 2 aliphatic heterocycles. The van der Waals surface area contributed by atoms with Crippen LogP contribution in [0.3, 0.4) is 0 Å². The van der Waals surface area contributed by atoms with Crippen molar-refractivity contribution in [3.63, 3.8) is 0 Å². The zero-order chi connectivity index (χ0) is 12.1. The maximum absolute atomic E-state index is 12.3. The number of epoxide rings is 2. The Bertz CT molecular complexity index is 343. The normalized spacial score (nSPS) is 47.9. The molecule has 3 atom stereocenters. The summed E-state index contributed by atoms with van der Waals surface area (Å²) in [7, 11) is 1.48. The molecule has 0 amide bonds. The van der Waals surface area contributed by atoms with Gasteiger partial charge in [0, 0.05) is 0 Å². The zero-order valence-corrected chi connectivity index (χ0v) is 10.6. The van der Waals surface area contributed by atoms with E-state index in [2.05, 4.69) is 6.92 Å². The van der Waals surface area contributed by atoms with E-state index in [4.69, 9.17) is 14.2 Å². The third-order valence-corrected chi connectivity index (χ3v) is 4.92. The first-order valence-corrected chi connectivity index (χ1v) is 6.48. The van der Waals surface area contributed by atoms with Gasteiger partial charge in [-0.05, 0) is 32.1 Å². The molecule has 96 valence electrons. The molecule has 4 nitrogen and oxygen atoms in total. The second-order valence-corrected chi connectivity index (χ2v) is 5.71. The molecule has 3 fully saturated rings. The molecule has 0 aromatic heterocycles. The summed E-state index contributed by atoms with van der Waals surface area (Å²) < 4.78 is 16.3. The Morgan fingerprint density at radius 1 is 1.29 bits per heavy atom. The van der Waals surface area contributed by atoms with E-state index >= 15 is 0 Å². The van der Waals surface area contributed by atoms with Gasteiger partial charge in [-0.3, -0.25) is 4.79 Å². The molecule has 4 heteroatoms. The number of hydrogen-bond acceptors (Lipinski definition) is 4. The Kier molecular flexibility index (Phi) is 2.33. The second-order valence-electron chi connectivity index (χ2n) is 5.71. The fourth-order valence-electron chi connectivity index (χ4n) is 3.64. The number of methoxy groups -OCH3 is 1. The van der Waals surface area contributed by atoms with Gasteiger partial charge in [0.1, 0.15) is 11.0 Å². The Morgan fingerprint density at radius 2 is 2.00 bits per heavy atom. The number of carbonyl (C=O) groups excluding carboxylic acids is 1. The van der Waals surface area contributed by atoms with Crippen molar-refractivity contribution in [2.45, 2.75) is 50.2 Å². The Balaban J connectivity index is 1.93. The Morgan fingerprint density at radius 3 is 2.47 bits per heavy atom. The minimum absolute atomic E-state index is 0.0411. The summed E-state index contributed by atoms with van der Waals surface area (Å²) in [5.41, 5.74) is -0.786. The summed E-state index contributed by atoms with van der Waals surface area (Å²) in [5, 5.41) is 0. The molecule has 0 unspecified atom stereocenters. The van der Waals surface area contributed by atoms with E-state index in [1.165, 1.54) is 7.11 Å². The van der Waals surface area contributed by atoms with Crippen LogP contribution in [-0.2, 0) is 19.0 Å². The molecular formula is C13H20O4. The molecule has 3 aliphatic rings. The van der Waals surface area contributed by atoms with Crippen molar-refractivity contribution in [1.82, 2.24) is 0 Å². The van der Waals surface area contributed by atoms with Crippen LogP contribution in [0.5, 0.6) is 0 Å². The van der Waals surface area contributed by atoms with Crippen LogP contribution in [-0.4, -0.2) is 37.5 Å². The highest BCUT2D eigenvalue weighted by atomic mass is 16.6. The largest absolute Gasteiger partial charge is 0.469 e. The van der Waals surface area contributed by atoms with Gasteiger partial charge in [0.25, 0.3) is 0 Å². The fraction of sp³-hybridized carbons (Fsp3) is 0.923. The third kappa shape index (κ3) is 1.47. The number of rotatable bonds is 3. The van der Waals surface area contributed by atoms with Crippen molar-refractivity contribution in [3.8, 4) is 0 Å².